The topological polar surface area (TPSA) is 184 Å². The molecule has 3 aliphatic rings. The van der Waals surface area contributed by atoms with Gasteiger partial charge in [0.2, 0.25) is 0 Å². The minimum Gasteiger partial charge on any atom is -0.507 e. The summed E-state index contributed by atoms with van der Waals surface area (Å²) in [6, 6.07) is 1.57. The number of carbonyl (C=O) groups is 3. The van der Waals surface area contributed by atoms with Crippen molar-refractivity contribution in [3.63, 3.8) is 0 Å². The number of esters is 1. The van der Waals surface area contributed by atoms with Crippen molar-refractivity contribution >= 4 is 39.8 Å². The molecule has 3 aliphatic heterocycles. The van der Waals surface area contributed by atoms with Gasteiger partial charge in [-0.3, -0.25) is 14.4 Å². The van der Waals surface area contributed by atoms with Crippen LogP contribution < -0.4 is 15.0 Å². The quantitative estimate of drug-likeness (QED) is 0.180. The van der Waals surface area contributed by atoms with Crippen molar-refractivity contribution in [2.75, 3.05) is 30.4 Å². The summed E-state index contributed by atoms with van der Waals surface area (Å²) in [4.78, 5) is 42.1. The Morgan fingerprint density at radius 3 is 2.20 bits per heavy atom. The van der Waals surface area contributed by atoms with E-state index in [0.717, 1.165) is 0 Å². The van der Waals surface area contributed by atoms with E-state index < -0.39 is 77.3 Å². The second-order valence-electron chi connectivity index (χ2n) is 14.6. The SMILES string of the molecule is CCN(CC)c1cc2c(O)c3c(O)c(C)c4c(c13)C(=O)C(C)(O/C=C/C(OC)C(C)C(OC(C)=O)C(C)C(O)C(C)C(O)C(C)/C=C/C=C(C)C(=O)N2)O4. The predicted octanol–water partition coefficient (Wildman–Crippen LogP) is 5.89. The Bertz CT molecular complexity index is 1850. The first kappa shape index (κ1) is 42.2. The number of anilines is 2. The molecule has 13 heteroatoms. The lowest BCUT2D eigenvalue weighted by molar-refractivity contribution is -0.160. The highest BCUT2D eigenvalue weighted by Gasteiger charge is 2.49. The lowest BCUT2D eigenvalue weighted by Gasteiger charge is -2.38. The van der Waals surface area contributed by atoms with Crippen LogP contribution in [0.15, 0.2) is 42.2 Å². The molecule has 13 nitrogen and oxygen atoms in total. The molecule has 1 amide bonds. The van der Waals surface area contributed by atoms with Crippen molar-refractivity contribution in [3.05, 3.63) is 53.3 Å². The second-order valence-corrected chi connectivity index (χ2v) is 14.6. The van der Waals surface area contributed by atoms with Gasteiger partial charge in [0, 0.05) is 79.9 Å². The monoisotopic (exact) mass is 752 g/mol. The zero-order valence-corrected chi connectivity index (χ0v) is 33.1. The third kappa shape index (κ3) is 7.94. The van der Waals surface area contributed by atoms with Crippen LogP contribution in [-0.4, -0.2) is 88.5 Å². The molecule has 2 aromatic rings. The number of methoxy groups -OCH3 is 1. The fraction of sp³-hybridized carbons (Fsp3) is 0.537. The maximum atomic E-state index is 14.4. The molecular weight excluding hydrogens is 696 g/mol. The van der Waals surface area contributed by atoms with Crippen LogP contribution in [0, 0.1) is 30.6 Å². The second kappa shape index (κ2) is 16.8. The number of benzene rings is 2. The van der Waals surface area contributed by atoms with Crippen molar-refractivity contribution < 1.29 is 53.8 Å². The van der Waals surface area contributed by atoms with Crippen LogP contribution in [0.4, 0.5) is 11.4 Å². The lowest BCUT2D eigenvalue weighted by Crippen LogP contribution is -2.46. The maximum absolute atomic E-state index is 14.4. The lowest BCUT2D eigenvalue weighted by atomic mass is 9.78. The molecule has 9 unspecified atom stereocenters. The highest BCUT2D eigenvalue weighted by Crippen LogP contribution is 2.54. The first-order chi connectivity index (χ1) is 25.3. The maximum Gasteiger partial charge on any atom is 0.312 e. The van der Waals surface area contributed by atoms with Gasteiger partial charge in [0.25, 0.3) is 11.7 Å². The molecule has 5 bridgehead atoms. The molecule has 0 aromatic heterocycles. The number of Topliss-reactive ketones (excluding diaryl/α,β-unsaturated/α-hetero) is 1. The van der Waals surface area contributed by atoms with Crippen molar-refractivity contribution in [2.45, 2.75) is 99.4 Å². The number of rotatable bonds is 5. The van der Waals surface area contributed by atoms with Gasteiger partial charge >= 0.3 is 11.8 Å². The summed E-state index contributed by atoms with van der Waals surface area (Å²) >= 11 is 0. The molecule has 0 spiro atoms. The molecule has 0 aliphatic carbocycles. The molecule has 296 valence electrons. The van der Waals surface area contributed by atoms with Gasteiger partial charge < -0.3 is 49.6 Å². The number of ether oxygens (including phenoxy) is 4. The zero-order chi connectivity index (χ0) is 40.4. The molecule has 0 saturated carbocycles. The highest BCUT2D eigenvalue weighted by molar-refractivity contribution is 6.23. The van der Waals surface area contributed by atoms with Crippen molar-refractivity contribution in [1.82, 2.24) is 0 Å². The standard InChI is InChI=1S/C41H56N2O11/c1-12-43(13-2)28-19-27-36(48)31-30(28)32-38(25(8)35(31)47)54-41(10,39(32)49)52-18-17-29(51-11)22(5)37(53-26(9)44)24(7)34(46)23(6)33(45)20(3)15-14-16-21(4)40(50)42-27/h14-20,22-24,29,33-34,37,45-48H,12-13H2,1-11H3,(H,42,50)/b15-14+,18-17+,21-16?. The van der Waals surface area contributed by atoms with E-state index in [-0.39, 0.29) is 44.7 Å². The molecule has 0 radical (unpaired) electrons. The summed E-state index contributed by atoms with van der Waals surface area (Å²) in [6.07, 6.45) is 4.02. The fourth-order valence-corrected chi connectivity index (χ4v) is 7.46. The Morgan fingerprint density at radius 1 is 0.963 bits per heavy atom. The number of nitrogens with one attached hydrogen (secondary N) is 1. The first-order valence-corrected chi connectivity index (χ1v) is 18.5. The summed E-state index contributed by atoms with van der Waals surface area (Å²) in [5.41, 5.74) is 1.06. The Balaban J connectivity index is 1.95. The minimum absolute atomic E-state index is 0.0241. The normalized spacial score (nSPS) is 30.6. The van der Waals surface area contributed by atoms with E-state index in [9.17, 15) is 34.8 Å². The van der Waals surface area contributed by atoms with Gasteiger partial charge in [0.05, 0.1) is 41.2 Å². The summed E-state index contributed by atoms with van der Waals surface area (Å²) < 4.78 is 23.7. The number of ketones is 1. The predicted molar refractivity (Wildman–Crippen MR) is 206 cm³/mol. The number of allylic oxidation sites excluding steroid dienone is 2. The molecule has 3 heterocycles. The van der Waals surface area contributed by atoms with Crippen LogP contribution in [0.5, 0.6) is 17.2 Å². The van der Waals surface area contributed by atoms with Gasteiger partial charge in [-0.05, 0) is 39.8 Å². The Hall–Kier alpha value is -4.59. The van der Waals surface area contributed by atoms with Crippen LogP contribution in [0.1, 0.15) is 78.2 Å². The summed E-state index contributed by atoms with van der Waals surface area (Å²) in [5, 5.41) is 49.0. The van der Waals surface area contributed by atoms with Gasteiger partial charge in [0.15, 0.2) is 5.75 Å². The zero-order valence-electron chi connectivity index (χ0n) is 33.1. The number of phenolic OH excluding ortho intramolecular Hbond substituents is 2. The molecule has 54 heavy (non-hydrogen) atoms. The van der Waals surface area contributed by atoms with Crippen LogP contribution in [0.25, 0.3) is 10.8 Å². The summed E-state index contributed by atoms with van der Waals surface area (Å²) in [6.45, 7) is 17.7. The van der Waals surface area contributed by atoms with E-state index in [2.05, 4.69) is 5.32 Å². The number of hydrogen-bond acceptors (Lipinski definition) is 12. The van der Waals surface area contributed by atoms with Crippen LogP contribution >= 0.6 is 0 Å². The summed E-state index contributed by atoms with van der Waals surface area (Å²) in [7, 11) is 1.47. The number of fused-ring (bicyclic) bond motifs is 14. The van der Waals surface area contributed by atoms with Gasteiger partial charge in [-0.1, -0.05) is 45.9 Å². The minimum atomic E-state index is -1.90. The molecule has 5 rings (SSSR count). The van der Waals surface area contributed by atoms with E-state index in [4.69, 9.17) is 18.9 Å². The molecule has 9 atom stereocenters. The Morgan fingerprint density at radius 2 is 1.61 bits per heavy atom. The highest BCUT2D eigenvalue weighted by atomic mass is 16.7. The fourth-order valence-electron chi connectivity index (χ4n) is 7.46. The largest absolute Gasteiger partial charge is 0.507 e. The van der Waals surface area contributed by atoms with E-state index in [1.807, 2.05) is 18.7 Å². The van der Waals surface area contributed by atoms with E-state index >= 15 is 0 Å². The average molecular weight is 753 g/mol. The van der Waals surface area contributed by atoms with Gasteiger partial charge in [-0.15, -0.1) is 0 Å². The molecule has 2 aromatic carbocycles. The smallest absolute Gasteiger partial charge is 0.312 e. The number of carbonyl (C=O) groups excluding carboxylic acids is 3. The summed E-state index contributed by atoms with van der Waals surface area (Å²) in [5.74, 6) is -6.56. The van der Waals surface area contributed by atoms with Crippen molar-refractivity contribution in [2.24, 2.45) is 23.7 Å². The number of amides is 1. The number of aromatic hydroxyl groups is 2. The van der Waals surface area contributed by atoms with Gasteiger partial charge in [-0.25, -0.2) is 0 Å². The van der Waals surface area contributed by atoms with Gasteiger partial charge in [0.1, 0.15) is 17.6 Å². The number of hydrogen-bond donors (Lipinski definition) is 5. The van der Waals surface area contributed by atoms with E-state index in [0.29, 0.717) is 18.8 Å². The number of nitrogens with zero attached hydrogens (tertiary/aromatic N) is 1. The first-order valence-electron chi connectivity index (χ1n) is 18.5. The number of aliphatic hydroxyl groups excluding tert-OH is 2. The number of aliphatic hydroxyl groups is 2. The average Bonchev–Trinajstić information content (AvgIpc) is 3.40. The van der Waals surface area contributed by atoms with Crippen LogP contribution in [0.3, 0.4) is 0 Å². The van der Waals surface area contributed by atoms with Crippen molar-refractivity contribution in [1.29, 1.82) is 0 Å². The molecular formula is C41H56N2O11. The number of phenols is 2. The Labute approximate surface area is 317 Å². The molecule has 0 saturated heterocycles. The Kier molecular flexibility index (Phi) is 13.1. The van der Waals surface area contributed by atoms with Gasteiger partial charge in [-0.2, -0.15) is 0 Å². The van der Waals surface area contributed by atoms with Crippen LogP contribution in [-0.2, 0) is 23.8 Å². The molecule has 5 N–H and O–H groups in total. The van der Waals surface area contributed by atoms with E-state index in [1.165, 1.54) is 27.2 Å². The third-order valence-electron chi connectivity index (χ3n) is 10.9. The van der Waals surface area contributed by atoms with E-state index in [1.54, 1.807) is 71.9 Å². The molecule has 0 fully saturated rings. The van der Waals surface area contributed by atoms with Crippen molar-refractivity contribution in [3.8, 4) is 17.2 Å². The van der Waals surface area contributed by atoms with Crippen LogP contribution in [0.2, 0.25) is 0 Å². The third-order valence-corrected chi connectivity index (χ3v) is 10.9.